The van der Waals surface area contributed by atoms with Gasteiger partial charge in [0.05, 0.1) is 0 Å². The molecule has 0 unspecified atom stereocenters. The summed E-state index contributed by atoms with van der Waals surface area (Å²) in [4.78, 5) is 1.31. The average Bonchev–Trinajstić information content (AvgIpc) is 3.55. The van der Waals surface area contributed by atoms with E-state index in [2.05, 4.69) is 147 Å². The Morgan fingerprint density at radius 1 is 0.450 bits per heavy atom. The third-order valence-electron chi connectivity index (χ3n) is 8.67. The lowest BCUT2D eigenvalue weighted by molar-refractivity contribution is 0.660. The van der Waals surface area contributed by atoms with Crippen LogP contribution in [0.4, 0.5) is 0 Å². The molecule has 190 valence electrons. The van der Waals surface area contributed by atoms with E-state index >= 15 is 0 Å². The molecule has 1 aromatic heterocycles. The molecule has 0 saturated heterocycles. The zero-order valence-electron chi connectivity index (χ0n) is 22.6. The smallest absolute Gasteiger partial charge is 0.0427 e. The monoisotopic (exact) mass is 528 g/mol. The summed E-state index contributed by atoms with van der Waals surface area (Å²) in [5.41, 5.74) is 11.8. The van der Waals surface area contributed by atoms with Gasteiger partial charge in [-0.1, -0.05) is 123 Å². The van der Waals surface area contributed by atoms with Crippen LogP contribution in [0.5, 0.6) is 0 Å². The van der Waals surface area contributed by atoms with E-state index in [1.165, 1.54) is 75.8 Å². The van der Waals surface area contributed by atoms with Crippen molar-refractivity contribution in [3.8, 4) is 43.8 Å². The molecule has 8 rings (SSSR count). The molecule has 0 fully saturated rings. The molecule has 0 aliphatic heterocycles. The molecule has 1 heteroatoms. The molecule has 0 bridgehead atoms. The van der Waals surface area contributed by atoms with E-state index in [0.29, 0.717) is 0 Å². The Labute approximate surface area is 239 Å². The van der Waals surface area contributed by atoms with Gasteiger partial charge in [-0.05, 0) is 90.5 Å². The fourth-order valence-corrected chi connectivity index (χ4v) is 7.78. The minimum absolute atomic E-state index is 0.0321. The van der Waals surface area contributed by atoms with Crippen LogP contribution in [-0.4, -0.2) is 0 Å². The zero-order chi connectivity index (χ0) is 26.8. The second-order valence-electron chi connectivity index (χ2n) is 11.4. The van der Waals surface area contributed by atoms with Crippen LogP contribution >= 0.6 is 11.3 Å². The highest BCUT2D eigenvalue weighted by Crippen LogP contribution is 2.52. The summed E-state index contributed by atoms with van der Waals surface area (Å²) >= 11 is 1.89. The van der Waals surface area contributed by atoms with Crippen LogP contribution in [0.25, 0.3) is 64.7 Å². The van der Waals surface area contributed by atoms with E-state index in [0.717, 1.165) is 0 Å². The van der Waals surface area contributed by atoms with Gasteiger partial charge in [0.25, 0.3) is 0 Å². The third-order valence-corrected chi connectivity index (χ3v) is 9.91. The van der Waals surface area contributed by atoms with Gasteiger partial charge in [0.15, 0.2) is 0 Å². The zero-order valence-corrected chi connectivity index (χ0v) is 23.4. The summed E-state index contributed by atoms with van der Waals surface area (Å²) in [6.45, 7) is 4.72. The number of fused-ring (bicyclic) bond motifs is 6. The number of rotatable bonds is 3. The molecular formula is C39H28S. The van der Waals surface area contributed by atoms with Crippen LogP contribution in [0.2, 0.25) is 0 Å². The summed E-state index contributed by atoms with van der Waals surface area (Å²) in [5, 5.41) is 3.94. The highest BCUT2D eigenvalue weighted by molar-refractivity contribution is 7.23. The van der Waals surface area contributed by atoms with Gasteiger partial charge >= 0.3 is 0 Å². The molecule has 0 N–H and O–H groups in total. The molecule has 0 amide bonds. The Balaban J connectivity index is 1.34. The van der Waals surface area contributed by atoms with Crippen molar-refractivity contribution in [2.75, 3.05) is 0 Å². The van der Waals surface area contributed by atoms with E-state index in [1.54, 1.807) is 0 Å². The van der Waals surface area contributed by atoms with Crippen molar-refractivity contribution in [2.24, 2.45) is 0 Å². The van der Waals surface area contributed by atoms with Gasteiger partial charge in [-0.25, -0.2) is 0 Å². The summed E-state index contributed by atoms with van der Waals surface area (Å²) in [5.74, 6) is 0. The standard InChI is InChI=1S/C39H28S/c1-39(2)35-18-9-8-17-31(35)34-23-32(33(24-36(34)39)25-11-4-3-5-12-25)27-14-10-15-28(21-27)37-22-29-20-19-26-13-6-7-16-30(26)38(29)40-37/h3-24H,1-2H3. The highest BCUT2D eigenvalue weighted by Gasteiger charge is 2.36. The van der Waals surface area contributed by atoms with Gasteiger partial charge in [-0.15, -0.1) is 11.3 Å². The molecular weight excluding hydrogens is 500 g/mol. The van der Waals surface area contributed by atoms with Crippen molar-refractivity contribution in [1.29, 1.82) is 0 Å². The van der Waals surface area contributed by atoms with Crippen LogP contribution in [0, 0.1) is 0 Å². The average molecular weight is 529 g/mol. The molecule has 0 saturated carbocycles. The van der Waals surface area contributed by atoms with E-state index in [4.69, 9.17) is 0 Å². The molecule has 1 heterocycles. The topological polar surface area (TPSA) is 0 Å². The van der Waals surface area contributed by atoms with E-state index in [1.807, 2.05) is 11.3 Å². The molecule has 0 atom stereocenters. The van der Waals surface area contributed by atoms with Crippen molar-refractivity contribution in [2.45, 2.75) is 19.3 Å². The molecule has 1 aliphatic carbocycles. The minimum Gasteiger partial charge on any atom is -0.135 e. The van der Waals surface area contributed by atoms with Crippen molar-refractivity contribution >= 4 is 32.2 Å². The predicted molar refractivity (Wildman–Crippen MR) is 173 cm³/mol. The summed E-state index contributed by atoms with van der Waals surface area (Å²) < 4.78 is 1.36. The predicted octanol–water partition coefficient (Wildman–Crippen LogP) is 11.4. The first-order chi connectivity index (χ1) is 19.6. The number of thiophene rings is 1. The Kier molecular flexibility index (Phi) is 5.14. The van der Waals surface area contributed by atoms with Gasteiger partial charge in [0.2, 0.25) is 0 Å². The molecule has 7 aromatic rings. The van der Waals surface area contributed by atoms with Gasteiger partial charge in [0, 0.05) is 15.0 Å². The lowest BCUT2D eigenvalue weighted by Gasteiger charge is -2.23. The van der Waals surface area contributed by atoms with Crippen molar-refractivity contribution < 1.29 is 0 Å². The Bertz CT molecular complexity index is 2070. The number of hydrogen-bond acceptors (Lipinski definition) is 1. The quantitative estimate of drug-likeness (QED) is 0.214. The summed E-state index contributed by atoms with van der Waals surface area (Å²) in [6.07, 6.45) is 0. The first kappa shape index (κ1) is 23.4. The van der Waals surface area contributed by atoms with Gasteiger partial charge in [-0.2, -0.15) is 0 Å². The fraction of sp³-hybridized carbons (Fsp3) is 0.0769. The Morgan fingerprint density at radius 3 is 2.05 bits per heavy atom. The Morgan fingerprint density at radius 2 is 1.15 bits per heavy atom. The van der Waals surface area contributed by atoms with Crippen molar-refractivity contribution in [1.82, 2.24) is 0 Å². The van der Waals surface area contributed by atoms with Crippen LogP contribution in [-0.2, 0) is 5.41 Å². The van der Waals surface area contributed by atoms with E-state index < -0.39 is 0 Å². The maximum Gasteiger partial charge on any atom is 0.0427 e. The summed E-state index contributed by atoms with van der Waals surface area (Å²) in [6, 6.07) is 49.3. The normalized spacial score (nSPS) is 13.4. The molecule has 40 heavy (non-hydrogen) atoms. The van der Waals surface area contributed by atoms with Crippen LogP contribution < -0.4 is 0 Å². The van der Waals surface area contributed by atoms with E-state index in [9.17, 15) is 0 Å². The largest absolute Gasteiger partial charge is 0.135 e. The molecule has 0 spiro atoms. The van der Waals surface area contributed by atoms with Crippen LogP contribution in [0.1, 0.15) is 25.0 Å². The van der Waals surface area contributed by atoms with Gasteiger partial charge < -0.3 is 0 Å². The highest BCUT2D eigenvalue weighted by atomic mass is 32.1. The summed E-state index contributed by atoms with van der Waals surface area (Å²) in [7, 11) is 0. The molecule has 0 radical (unpaired) electrons. The van der Waals surface area contributed by atoms with E-state index in [-0.39, 0.29) is 5.41 Å². The first-order valence-electron chi connectivity index (χ1n) is 13.9. The second-order valence-corrected chi connectivity index (χ2v) is 12.4. The lowest BCUT2D eigenvalue weighted by Crippen LogP contribution is -2.15. The maximum absolute atomic E-state index is 2.46. The van der Waals surface area contributed by atoms with Gasteiger partial charge in [0.1, 0.15) is 0 Å². The lowest BCUT2D eigenvalue weighted by atomic mass is 9.80. The van der Waals surface area contributed by atoms with Crippen LogP contribution in [0.3, 0.4) is 0 Å². The van der Waals surface area contributed by atoms with Crippen LogP contribution in [0.15, 0.2) is 133 Å². The molecule has 6 aromatic carbocycles. The number of benzene rings is 6. The SMILES string of the molecule is CC1(C)c2ccccc2-c2cc(-c3cccc(-c4cc5ccc6ccccc6c5s4)c3)c(-c3ccccc3)cc21. The maximum atomic E-state index is 2.46. The fourth-order valence-electron chi connectivity index (χ4n) is 6.59. The Hall–Kier alpha value is -4.46. The van der Waals surface area contributed by atoms with Crippen molar-refractivity contribution in [3.63, 3.8) is 0 Å². The van der Waals surface area contributed by atoms with Crippen molar-refractivity contribution in [3.05, 3.63) is 145 Å². The first-order valence-corrected chi connectivity index (χ1v) is 14.8. The van der Waals surface area contributed by atoms with Gasteiger partial charge in [-0.3, -0.25) is 0 Å². The molecule has 1 aliphatic rings. The molecule has 0 nitrogen and oxygen atoms in total. The third kappa shape index (κ3) is 3.51. The number of hydrogen-bond donors (Lipinski definition) is 0. The second kappa shape index (κ2) is 8.78. The minimum atomic E-state index is -0.0321.